The van der Waals surface area contributed by atoms with Crippen molar-refractivity contribution in [2.75, 3.05) is 11.4 Å². The van der Waals surface area contributed by atoms with Crippen molar-refractivity contribution in [3.63, 3.8) is 0 Å². The molecule has 0 aromatic carbocycles. The highest BCUT2D eigenvalue weighted by Crippen LogP contribution is 2.02. The number of hydrogen-bond donors (Lipinski definition) is 1. The van der Waals surface area contributed by atoms with Gasteiger partial charge in [-0.25, -0.2) is 18.5 Å². The Bertz CT molecular complexity index is 253. The van der Waals surface area contributed by atoms with Gasteiger partial charge in [-0.05, 0) is 6.07 Å². The standard InChI is InChI=1S/C5H7N3O2S/c1-8(11(9)10)5-6-3-2-4-7-5/h2-4H,1H3,(H,9,10). The minimum atomic E-state index is -2.05. The van der Waals surface area contributed by atoms with Gasteiger partial charge < -0.3 is 0 Å². The van der Waals surface area contributed by atoms with E-state index < -0.39 is 11.3 Å². The Labute approximate surface area is 66.5 Å². The molecule has 0 bridgehead atoms. The first-order chi connectivity index (χ1) is 5.22. The highest BCUT2D eigenvalue weighted by molar-refractivity contribution is 7.80. The molecule has 1 unspecified atom stereocenters. The van der Waals surface area contributed by atoms with Crippen LogP contribution in [-0.4, -0.2) is 25.8 Å². The molecule has 1 N–H and O–H groups in total. The largest absolute Gasteiger partial charge is 0.289 e. The summed E-state index contributed by atoms with van der Waals surface area (Å²) in [7, 11) is 1.44. The van der Waals surface area contributed by atoms with E-state index in [9.17, 15) is 4.21 Å². The highest BCUT2D eigenvalue weighted by atomic mass is 32.2. The van der Waals surface area contributed by atoms with Crippen molar-refractivity contribution >= 4 is 17.2 Å². The molecule has 0 saturated carbocycles. The van der Waals surface area contributed by atoms with E-state index in [2.05, 4.69) is 9.97 Å². The van der Waals surface area contributed by atoms with E-state index in [0.717, 1.165) is 4.31 Å². The van der Waals surface area contributed by atoms with Crippen LogP contribution in [0.15, 0.2) is 18.5 Å². The van der Waals surface area contributed by atoms with Gasteiger partial charge in [-0.15, -0.1) is 0 Å². The maximum absolute atomic E-state index is 10.5. The summed E-state index contributed by atoms with van der Waals surface area (Å²) in [5, 5.41) is 0. The summed E-state index contributed by atoms with van der Waals surface area (Å²) >= 11 is -2.05. The second kappa shape index (κ2) is 3.40. The molecule has 1 aromatic rings. The Morgan fingerprint density at radius 1 is 1.55 bits per heavy atom. The fourth-order valence-corrected chi connectivity index (χ4v) is 0.758. The van der Waals surface area contributed by atoms with Gasteiger partial charge in [0, 0.05) is 19.4 Å². The van der Waals surface area contributed by atoms with Crippen molar-refractivity contribution in [2.45, 2.75) is 0 Å². The van der Waals surface area contributed by atoms with Crippen molar-refractivity contribution in [3.8, 4) is 0 Å². The van der Waals surface area contributed by atoms with Crippen molar-refractivity contribution < 1.29 is 8.76 Å². The van der Waals surface area contributed by atoms with Crippen LogP contribution in [0.25, 0.3) is 0 Å². The number of anilines is 1. The molecule has 1 heterocycles. The normalized spacial score (nSPS) is 12.5. The molecule has 0 aliphatic heterocycles. The Kier molecular flexibility index (Phi) is 2.50. The SMILES string of the molecule is CN(c1ncccn1)S(=O)O. The Hall–Kier alpha value is -1.01. The molecule has 0 aliphatic rings. The van der Waals surface area contributed by atoms with Crippen LogP contribution in [0.5, 0.6) is 0 Å². The number of hydrogen-bond acceptors (Lipinski definition) is 3. The molecule has 0 spiro atoms. The smallest absolute Gasteiger partial charge is 0.264 e. The third kappa shape index (κ3) is 1.95. The average Bonchev–Trinajstić information content (AvgIpc) is 2.05. The Morgan fingerprint density at radius 2 is 2.09 bits per heavy atom. The van der Waals surface area contributed by atoms with Gasteiger partial charge >= 0.3 is 0 Å². The van der Waals surface area contributed by atoms with E-state index in [0.29, 0.717) is 0 Å². The summed E-state index contributed by atoms with van der Waals surface area (Å²) in [6.45, 7) is 0. The zero-order chi connectivity index (χ0) is 8.27. The minimum Gasteiger partial charge on any atom is -0.289 e. The van der Waals surface area contributed by atoms with Crippen LogP contribution >= 0.6 is 0 Å². The second-order valence-electron chi connectivity index (χ2n) is 1.78. The molecule has 6 heteroatoms. The molecule has 1 aromatic heterocycles. The zero-order valence-corrected chi connectivity index (χ0v) is 6.65. The van der Waals surface area contributed by atoms with E-state index in [-0.39, 0.29) is 5.95 Å². The molecule has 60 valence electrons. The summed E-state index contributed by atoms with van der Waals surface area (Å²) in [6, 6.07) is 1.64. The predicted molar refractivity (Wildman–Crippen MR) is 41.2 cm³/mol. The monoisotopic (exact) mass is 173 g/mol. The van der Waals surface area contributed by atoms with Crippen LogP contribution in [0, 0.1) is 0 Å². The van der Waals surface area contributed by atoms with Crippen LogP contribution in [0.3, 0.4) is 0 Å². The Morgan fingerprint density at radius 3 is 2.55 bits per heavy atom. The van der Waals surface area contributed by atoms with Crippen molar-refractivity contribution in [3.05, 3.63) is 18.5 Å². The lowest BCUT2D eigenvalue weighted by atomic mass is 10.7. The summed E-state index contributed by atoms with van der Waals surface area (Å²) in [5.74, 6) is 0.230. The first-order valence-corrected chi connectivity index (χ1v) is 3.90. The predicted octanol–water partition coefficient (Wildman–Crippen LogP) is 0.0495. The lowest BCUT2D eigenvalue weighted by Gasteiger charge is -2.09. The lowest BCUT2D eigenvalue weighted by molar-refractivity contribution is 0.561. The maximum atomic E-state index is 10.5. The molecule has 11 heavy (non-hydrogen) atoms. The molecule has 1 rings (SSSR count). The number of rotatable bonds is 2. The molecule has 1 atom stereocenters. The number of nitrogens with zero attached hydrogens (tertiary/aromatic N) is 3. The molecule has 0 aliphatic carbocycles. The molecular weight excluding hydrogens is 166 g/mol. The first-order valence-electron chi connectivity index (χ1n) is 2.83. The molecule has 0 amide bonds. The summed E-state index contributed by atoms with van der Waals surface area (Å²) in [5.41, 5.74) is 0. The fourth-order valence-electron chi connectivity index (χ4n) is 0.524. The minimum absolute atomic E-state index is 0.230. The topological polar surface area (TPSA) is 66.3 Å². The quantitative estimate of drug-likeness (QED) is 0.642. The Balaban J connectivity index is 2.85. The van der Waals surface area contributed by atoms with E-state index in [1.165, 1.54) is 19.4 Å². The van der Waals surface area contributed by atoms with Crippen LogP contribution < -0.4 is 4.31 Å². The summed E-state index contributed by atoms with van der Waals surface area (Å²) in [6.07, 6.45) is 3.01. The third-order valence-electron chi connectivity index (χ3n) is 1.07. The highest BCUT2D eigenvalue weighted by Gasteiger charge is 2.06. The van der Waals surface area contributed by atoms with E-state index in [1.807, 2.05) is 0 Å². The van der Waals surface area contributed by atoms with Crippen molar-refractivity contribution in [1.29, 1.82) is 0 Å². The van der Waals surface area contributed by atoms with Crippen LogP contribution in [0.4, 0.5) is 5.95 Å². The summed E-state index contributed by atoms with van der Waals surface area (Å²) in [4.78, 5) is 7.52. The van der Waals surface area contributed by atoms with Gasteiger partial charge in [0.1, 0.15) is 0 Å². The van der Waals surface area contributed by atoms with Crippen LogP contribution in [0.1, 0.15) is 0 Å². The molecular formula is C5H7N3O2S. The van der Waals surface area contributed by atoms with E-state index in [1.54, 1.807) is 6.07 Å². The maximum Gasteiger partial charge on any atom is 0.264 e. The number of aromatic nitrogens is 2. The summed E-state index contributed by atoms with van der Waals surface area (Å²) < 4.78 is 20.1. The van der Waals surface area contributed by atoms with Gasteiger partial charge in [0.15, 0.2) is 0 Å². The molecule has 5 nitrogen and oxygen atoms in total. The third-order valence-corrected chi connectivity index (χ3v) is 1.70. The van der Waals surface area contributed by atoms with Gasteiger partial charge in [-0.3, -0.25) is 4.55 Å². The first kappa shape index (κ1) is 8.09. The zero-order valence-electron chi connectivity index (χ0n) is 5.84. The van der Waals surface area contributed by atoms with Gasteiger partial charge in [0.05, 0.1) is 0 Å². The van der Waals surface area contributed by atoms with Crippen LogP contribution in [-0.2, 0) is 11.3 Å². The average molecular weight is 173 g/mol. The van der Waals surface area contributed by atoms with Gasteiger partial charge in [-0.2, -0.15) is 0 Å². The van der Waals surface area contributed by atoms with Crippen molar-refractivity contribution in [1.82, 2.24) is 9.97 Å². The van der Waals surface area contributed by atoms with E-state index >= 15 is 0 Å². The van der Waals surface area contributed by atoms with Crippen LogP contribution in [0.2, 0.25) is 0 Å². The fraction of sp³-hybridized carbons (Fsp3) is 0.200. The molecule has 0 saturated heterocycles. The second-order valence-corrected chi connectivity index (χ2v) is 2.79. The molecule has 0 radical (unpaired) electrons. The van der Waals surface area contributed by atoms with Crippen molar-refractivity contribution in [2.24, 2.45) is 0 Å². The van der Waals surface area contributed by atoms with Gasteiger partial charge in [0.2, 0.25) is 5.95 Å². The lowest BCUT2D eigenvalue weighted by Crippen LogP contribution is -2.21. The molecule has 0 fully saturated rings. The van der Waals surface area contributed by atoms with Gasteiger partial charge in [-0.1, -0.05) is 0 Å². The van der Waals surface area contributed by atoms with Gasteiger partial charge in [0.25, 0.3) is 11.3 Å². The van der Waals surface area contributed by atoms with E-state index in [4.69, 9.17) is 4.55 Å².